The van der Waals surface area contributed by atoms with Crippen molar-refractivity contribution in [2.24, 2.45) is 0 Å². The topological polar surface area (TPSA) is 81.8 Å². The van der Waals surface area contributed by atoms with Crippen molar-refractivity contribution in [2.75, 3.05) is 39.3 Å². The van der Waals surface area contributed by atoms with E-state index in [1.165, 1.54) is 24.3 Å². The van der Waals surface area contributed by atoms with Crippen LogP contribution in [0, 0.1) is 5.82 Å². The summed E-state index contributed by atoms with van der Waals surface area (Å²) in [6.45, 7) is 4.58. The summed E-state index contributed by atoms with van der Waals surface area (Å²) in [6, 6.07) is 4.97. The van der Waals surface area contributed by atoms with Crippen LogP contribution in [0.15, 0.2) is 24.3 Å². The highest BCUT2D eigenvalue weighted by Crippen LogP contribution is 2.10. The number of halogens is 1. The molecule has 1 saturated heterocycles. The quantitative estimate of drug-likeness (QED) is 0.842. The Morgan fingerprint density at radius 3 is 2.48 bits per heavy atom. The number of rotatable bonds is 4. The van der Waals surface area contributed by atoms with E-state index in [9.17, 15) is 18.8 Å². The van der Waals surface area contributed by atoms with Crippen molar-refractivity contribution in [3.63, 3.8) is 0 Å². The molecule has 7 nitrogen and oxygen atoms in total. The summed E-state index contributed by atoms with van der Waals surface area (Å²) in [5.74, 6) is -0.894. The van der Waals surface area contributed by atoms with E-state index in [-0.39, 0.29) is 24.2 Å². The van der Waals surface area contributed by atoms with Gasteiger partial charge in [-0.2, -0.15) is 0 Å². The fraction of sp³-hybridized carbons (Fsp3) is 0.471. The predicted octanol–water partition coefficient (Wildman–Crippen LogP) is 0.819. The number of hydrogen-bond acceptors (Lipinski definition) is 4. The zero-order valence-corrected chi connectivity index (χ0v) is 14.3. The van der Waals surface area contributed by atoms with Crippen LogP contribution in [-0.2, 0) is 4.79 Å². The van der Waals surface area contributed by atoms with E-state index in [4.69, 9.17) is 0 Å². The zero-order chi connectivity index (χ0) is 18.2. The predicted molar refractivity (Wildman–Crippen MR) is 90.6 cm³/mol. The number of imide groups is 1. The monoisotopic (exact) mass is 350 g/mol. The lowest BCUT2D eigenvalue weighted by Crippen LogP contribution is -2.45. The number of hydrogen-bond donors (Lipinski definition) is 2. The molecule has 1 aromatic carbocycles. The Morgan fingerprint density at radius 2 is 1.80 bits per heavy atom. The van der Waals surface area contributed by atoms with Gasteiger partial charge in [0.2, 0.25) is 5.91 Å². The number of carbonyl (C=O) groups excluding carboxylic acids is 3. The molecule has 0 unspecified atom stereocenters. The van der Waals surface area contributed by atoms with Crippen molar-refractivity contribution in [3.05, 3.63) is 35.6 Å². The lowest BCUT2D eigenvalue weighted by Gasteiger charge is -2.21. The summed E-state index contributed by atoms with van der Waals surface area (Å²) in [4.78, 5) is 39.3. The summed E-state index contributed by atoms with van der Waals surface area (Å²) in [5.41, 5.74) is 0.448. The number of benzene rings is 1. The normalized spacial score (nSPS) is 15.4. The molecule has 1 aromatic rings. The van der Waals surface area contributed by atoms with Gasteiger partial charge in [0, 0.05) is 38.3 Å². The molecule has 1 aliphatic heterocycles. The van der Waals surface area contributed by atoms with Crippen molar-refractivity contribution >= 4 is 17.8 Å². The fourth-order valence-electron chi connectivity index (χ4n) is 2.68. The van der Waals surface area contributed by atoms with Crippen molar-refractivity contribution in [1.29, 1.82) is 0 Å². The zero-order valence-electron chi connectivity index (χ0n) is 14.3. The van der Waals surface area contributed by atoms with E-state index in [2.05, 4.69) is 10.6 Å². The summed E-state index contributed by atoms with van der Waals surface area (Å²) >= 11 is 0. The third-order valence-corrected chi connectivity index (χ3v) is 3.92. The van der Waals surface area contributed by atoms with Crippen LogP contribution in [-0.4, -0.2) is 66.9 Å². The minimum atomic E-state index is -0.504. The van der Waals surface area contributed by atoms with Crippen LogP contribution in [0.1, 0.15) is 23.7 Å². The summed E-state index contributed by atoms with van der Waals surface area (Å²) < 4.78 is 13.0. The van der Waals surface area contributed by atoms with Gasteiger partial charge in [-0.05, 0) is 37.6 Å². The Bertz CT molecular complexity index is 621. The maximum absolute atomic E-state index is 13.0. The first-order valence-electron chi connectivity index (χ1n) is 8.34. The second-order valence-corrected chi connectivity index (χ2v) is 5.84. The largest absolute Gasteiger partial charge is 0.338 e. The molecular weight excluding hydrogens is 327 g/mol. The first kappa shape index (κ1) is 18.9. The number of carbonyl (C=O) groups is 3. The first-order chi connectivity index (χ1) is 12.0. The fourth-order valence-corrected chi connectivity index (χ4v) is 2.68. The van der Waals surface area contributed by atoms with Crippen molar-refractivity contribution in [1.82, 2.24) is 20.4 Å². The Kier molecular flexibility index (Phi) is 6.88. The van der Waals surface area contributed by atoms with Crippen LogP contribution in [0.3, 0.4) is 0 Å². The molecule has 1 fully saturated rings. The lowest BCUT2D eigenvalue weighted by atomic mass is 10.2. The molecule has 0 spiro atoms. The van der Waals surface area contributed by atoms with Gasteiger partial charge in [0.1, 0.15) is 5.82 Å². The molecule has 1 heterocycles. The number of urea groups is 1. The summed E-state index contributed by atoms with van der Waals surface area (Å²) in [7, 11) is 0. The van der Waals surface area contributed by atoms with Crippen LogP contribution in [0.2, 0.25) is 0 Å². The average Bonchev–Trinajstić information content (AvgIpc) is 2.80. The van der Waals surface area contributed by atoms with Crippen LogP contribution < -0.4 is 10.6 Å². The maximum Gasteiger partial charge on any atom is 0.321 e. The second kappa shape index (κ2) is 9.12. The van der Waals surface area contributed by atoms with Crippen molar-refractivity contribution < 1.29 is 18.8 Å². The molecule has 0 aromatic heterocycles. The third-order valence-electron chi connectivity index (χ3n) is 3.92. The molecule has 0 radical (unpaired) electrons. The van der Waals surface area contributed by atoms with E-state index < -0.39 is 6.03 Å². The van der Waals surface area contributed by atoms with Gasteiger partial charge in [0.25, 0.3) is 5.91 Å². The highest BCUT2D eigenvalue weighted by Gasteiger charge is 2.21. The number of nitrogens with one attached hydrogen (secondary N) is 2. The minimum absolute atomic E-state index is 0.107. The highest BCUT2D eigenvalue weighted by atomic mass is 19.1. The Labute approximate surface area is 146 Å². The highest BCUT2D eigenvalue weighted by molar-refractivity contribution is 5.95. The van der Waals surface area contributed by atoms with Gasteiger partial charge in [-0.3, -0.25) is 19.8 Å². The summed E-state index contributed by atoms with van der Waals surface area (Å²) in [6.07, 6.45) is 0.724. The smallest absolute Gasteiger partial charge is 0.321 e. The maximum atomic E-state index is 13.0. The van der Waals surface area contributed by atoms with Gasteiger partial charge in [-0.1, -0.05) is 0 Å². The molecule has 2 N–H and O–H groups in total. The molecule has 0 aliphatic carbocycles. The lowest BCUT2D eigenvalue weighted by molar-refractivity contribution is -0.121. The number of nitrogens with zero attached hydrogens (tertiary/aromatic N) is 2. The molecule has 8 heteroatoms. The van der Waals surface area contributed by atoms with Crippen molar-refractivity contribution in [2.45, 2.75) is 13.3 Å². The molecule has 25 heavy (non-hydrogen) atoms. The molecule has 0 saturated carbocycles. The molecule has 0 atom stereocenters. The van der Waals surface area contributed by atoms with Crippen molar-refractivity contribution in [3.8, 4) is 0 Å². The van der Waals surface area contributed by atoms with Crippen LogP contribution in [0.5, 0.6) is 0 Å². The second-order valence-electron chi connectivity index (χ2n) is 5.84. The average molecular weight is 350 g/mol. The minimum Gasteiger partial charge on any atom is -0.338 e. The van der Waals surface area contributed by atoms with Gasteiger partial charge in [0.05, 0.1) is 6.54 Å². The van der Waals surface area contributed by atoms with E-state index >= 15 is 0 Å². The van der Waals surface area contributed by atoms with Gasteiger partial charge < -0.3 is 10.2 Å². The standard InChI is InChI=1S/C17H23FN4O3/c1-2-19-17(25)20-15(23)12-21-8-3-9-22(11-10-21)16(24)13-4-6-14(18)7-5-13/h4-7H,2-3,8-12H2,1H3,(H2,19,20,23,25). The van der Waals surface area contributed by atoms with Gasteiger partial charge in [0.15, 0.2) is 0 Å². The summed E-state index contributed by atoms with van der Waals surface area (Å²) in [5, 5.41) is 4.77. The molecule has 1 aliphatic rings. The molecular formula is C17H23FN4O3. The van der Waals surface area contributed by atoms with Gasteiger partial charge >= 0.3 is 6.03 Å². The number of amides is 4. The van der Waals surface area contributed by atoms with Crippen LogP contribution >= 0.6 is 0 Å². The van der Waals surface area contributed by atoms with Gasteiger partial charge in [-0.15, -0.1) is 0 Å². The SMILES string of the molecule is CCNC(=O)NC(=O)CN1CCCN(C(=O)c2ccc(F)cc2)CC1. The molecule has 2 rings (SSSR count). The van der Waals surface area contributed by atoms with Crippen LogP contribution in [0.4, 0.5) is 9.18 Å². The Morgan fingerprint density at radius 1 is 1.08 bits per heavy atom. The molecule has 136 valence electrons. The van der Waals surface area contributed by atoms with Gasteiger partial charge in [-0.25, -0.2) is 9.18 Å². The van der Waals surface area contributed by atoms with E-state index in [1.54, 1.807) is 11.8 Å². The van der Waals surface area contributed by atoms with E-state index in [0.717, 1.165) is 6.42 Å². The first-order valence-corrected chi connectivity index (χ1v) is 8.34. The Hall–Kier alpha value is -2.48. The molecule has 0 bridgehead atoms. The van der Waals surface area contributed by atoms with Crippen LogP contribution in [0.25, 0.3) is 0 Å². The Balaban J connectivity index is 1.85. The third kappa shape index (κ3) is 5.82. The molecule has 4 amide bonds. The van der Waals surface area contributed by atoms with E-state index in [0.29, 0.717) is 38.3 Å². The van der Waals surface area contributed by atoms with E-state index in [1.807, 2.05) is 4.90 Å².